The third-order valence-electron chi connectivity index (χ3n) is 2.21. The van der Waals surface area contributed by atoms with Crippen molar-refractivity contribution >= 4 is 17.5 Å². The van der Waals surface area contributed by atoms with Crippen LogP contribution in [0.5, 0.6) is 0 Å². The fourth-order valence-corrected chi connectivity index (χ4v) is 2.21. The Bertz CT molecular complexity index is 428. The van der Waals surface area contributed by atoms with E-state index in [4.69, 9.17) is 0 Å². The molecule has 1 heterocycles. The molecule has 0 bridgehead atoms. The van der Waals surface area contributed by atoms with Crippen molar-refractivity contribution in [3.8, 4) is 0 Å². The van der Waals surface area contributed by atoms with Gasteiger partial charge in [0.05, 0.1) is 5.75 Å². The smallest absolute Gasteiger partial charge is 0.298 e. The maximum atomic E-state index is 11.7. The van der Waals surface area contributed by atoms with E-state index in [1.165, 1.54) is 16.3 Å². The zero-order valence-corrected chi connectivity index (χ0v) is 10.8. The van der Waals surface area contributed by atoms with Crippen LogP contribution in [0.3, 0.4) is 0 Å². The summed E-state index contributed by atoms with van der Waals surface area (Å²) in [7, 11) is 0. The molecule has 0 aromatic carbocycles. The normalized spacial score (nSPS) is 11.8. The first-order chi connectivity index (χ1) is 7.36. The molecule has 6 heteroatoms. The summed E-state index contributed by atoms with van der Waals surface area (Å²) >= 11 is 1.30. The lowest BCUT2D eigenvalue weighted by molar-refractivity contribution is -0.123. The molecule has 16 heavy (non-hydrogen) atoms. The number of hydrogen-bond donors (Lipinski definition) is 1. The molecule has 0 amide bonds. The van der Waals surface area contributed by atoms with Gasteiger partial charge < -0.3 is 0 Å². The third-order valence-corrected chi connectivity index (χ3v) is 3.18. The largest absolute Gasteiger partial charge is 0.343 e. The summed E-state index contributed by atoms with van der Waals surface area (Å²) < 4.78 is 1.51. The summed E-state index contributed by atoms with van der Waals surface area (Å²) in [6, 6.07) is 0. The molecular formula is C10H17N3O2S. The van der Waals surface area contributed by atoms with Gasteiger partial charge in [0.25, 0.3) is 0 Å². The number of thioether (sulfide) groups is 1. The minimum atomic E-state index is -0.347. The lowest BCUT2D eigenvalue weighted by Gasteiger charge is -2.15. The van der Waals surface area contributed by atoms with Gasteiger partial charge in [-0.25, -0.2) is 9.89 Å². The number of nitrogens with zero attached hydrogens (tertiary/aromatic N) is 2. The van der Waals surface area contributed by atoms with E-state index < -0.39 is 0 Å². The molecule has 5 nitrogen and oxygen atoms in total. The van der Waals surface area contributed by atoms with Crippen LogP contribution in [0.2, 0.25) is 0 Å². The quantitative estimate of drug-likeness (QED) is 0.809. The van der Waals surface area contributed by atoms with Gasteiger partial charge in [0.15, 0.2) is 5.16 Å². The first kappa shape index (κ1) is 13.0. The van der Waals surface area contributed by atoms with E-state index in [-0.39, 0.29) is 16.9 Å². The highest BCUT2D eigenvalue weighted by atomic mass is 32.2. The average molecular weight is 243 g/mol. The van der Waals surface area contributed by atoms with Crippen molar-refractivity contribution in [3.05, 3.63) is 10.5 Å². The number of H-pyrrole nitrogens is 1. The number of ketones is 1. The molecule has 0 spiro atoms. The van der Waals surface area contributed by atoms with Gasteiger partial charge in [0, 0.05) is 12.0 Å². The molecule has 0 saturated heterocycles. The monoisotopic (exact) mass is 243 g/mol. The Morgan fingerprint density at radius 1 is 1.50 bits per heavy atom. The Morgan fingerprint density at radius 3 is 2.62 bits per heavy atom. The van der Waals surface area contributed by atoms with Gasteiger partial charge in [-0.1, -0.05) is 32.5 Å². The van der Waals surface area contributed by atoms with Crippen molar-refractivity contribution in [2.75, 3.05) is 5.75 Å². The van der Waals surface area contributed by atoms with Gasteiger partial charge in [-0.05, 0) is 6.92 Å². The molecule has 0 fully saturated rings. The molecule has 1 N–H and O–H groups in total. The number of rotatable bonds is 4. The second-order valence-electron chi connectivity index (χ2n) is 4.52. The third kappa shape index (κ3) is 2.98. The number of hydrogen-bond acceptors (Lipinski definition) is 4. The van der Waals surface area contributed by atoms with Crippen LogP contribution in [0.25, 0.3) is 0 Å². The van der Waals surface area contributed by atoms with E-state index in [0.717, 1.165) is 0 Å². The number of aromatic amines is 1. The second kappa shape index (κ2) is 4.86. The van der Waals surface area contributed by atoms with Crippen LogP contribution in [0.4, 0.5) is 0 Å². The first-order valence-corrected chi connectivity index (χ1v) is 6.16. The van der Waals surface area contributed by atoms with Gasteiger partial charge in [-0.3, -0.25) is 9.36 Å². The average Bonchev–Trinajstić information content (AvgIpc) is 2.54. The molecule has 0 radical (unpaired) electrons. The van der Waals surface area contributed by atoms with Crippen molar-refractivity contribution in [2.45, 2.75) is 39.4 Å². The summed E-state index contributed by atoms with van der Waals surface area (Å²) in [6.07, 6.45) is 0. The van der Waals surface area contributed by atoms with Gasteiger partial charge in [-0.2, -0.15) is 0 Å². The molecule has 0 aliphatic heterocycles. The maximum absolute atomic E-state index is 11.7. The van der Waals surface area contributed by atoms with Crippen molar-refractivity contribution in [2.24, 2.45) is 5.41 Å². The van der Waals surface area contributed by atoms with Gasteiger partial charge in [0.1, 0.15) is 5.78 Å². The van der Waals surface area contributed by atoms with Crippen LogP contribution in [0.1, 0.15) is 27.7 Å². The summed E-state index contributed by atoms with van der Waals surface area (Å²) in [5.41, 5.74) is -0.575. The zero-order chi connectivity index (χ0) is 12.3. The molecule has 0 atom stereocenters. The Hall–Kier alpha value is -1.04. The van der Waals surface area contributed by atoms with E-state index in [1.54, 1.807) is 0 Å². The lowest BCUT2D eigenvalue weighted by Crippen LogP contribution is -2.22. The molecule has 0 saturated carbocycles. The minimum Gasteiger partial charge on any atom is -0.298 e. The number of nitrogens with one attached hydrogen (secondary N) is 1. The molecule has 0 aliphatic rings. The van der Waals surface area contributed by atoms with Gasteiger partial charge >= 0.3 is 5.69 Å². The van der Waals surface area contributed by atoms with Crippen LogP contribution in [-0.2, 0) is 11.3 Å². The van der Waals surface area contributed by atoms with E-state index in [2.05, 4.69) is 10.2 Å². The molecule has 0 aliphatic carbocycles. The fourth-order valence-electron chi connectivity index (χ4n) is 1.04. The van der Waals surface area contributed by atoms with E-state index in [0.29, 0.717) is 17.5 Å². The molecular weight excluding hydrogens is 226 g/mol. The summed E-state index contributed by atoms with van der Waals surface area (Å²) in [5, 5.41) is 6.83. The van der Waals surface area contributed by atoms with Crippen LogP contribution < -0.4 is 5.69 Å². The minimum absolute atomic E-state index is 0.149. The Kier molecular flexibility index (Phi) is 3.96. The number of carbonyl (C=O) groups is 1. The van der Waals surface area contributed by atoms with Crippen molar-refractivity contribution < 1.29 is 4.79 Å². The summed E-state index contributed by atoms with van der Waals surface area (Å²) in [4.78, 5) is 23.0. The standard InChI is InChI=1S/C10H17N3O2S/c1-5-13-8(15)11-12-9(13)16-6-7(14)10(2,3)4/h5-6H2,1-4H3,(H,11,15). The molecule has 1 aromatic rings. The predicted octanol–water partition coefficient (Wildman–Crippen LogP) is 1.30. The fraction of sp³-hybridized carbons (Fsp3) is 0.700. The van der Waals surface area contributed by atoms with Crippen LogP contribution >= 0.6 is 11.8 Å². The van der Waals surface area contributed by atoms with Crippen LogP contribution in [-0.4, -0.2) is 26.3 Å². The topological polar surface area (TPSA) is 67.8 Å². The van der Waals surface area contributed by atoms with E-state index >= 15 is 0 Å². The molecule has 1 rings (SSSR count). The Balaban J connectivity index is 2.69. The molecule has 1 aromatic heterocycles. The van der Waals surface area contributed by atoms with E-state index in [9.17, 15) is 9.59 Å². The summed E-state index contributed by atoms with van der Waals surface area (Å²) in [5.74, 6) is 0.490. The lowest BCUT2D eigenvalue weighted by atomic mass is 9.92. The second-order valence-corrected chi connectivity index (χ2v) is 5.46. The predicted molar refractivity (Wildman–Crippen MR) is 63.7 cm³/mol. The van der Waals surface area contributed by atoms with Crippen LogP contribution in [0.15, 0.2) is 9.95 Å². The van der Waals surface area contributed by atoms with Gasteiger partial charge in [-0.15, -0.1) is 5.10 Å². The van der Waals surface area contributed by atoms with Crippen molar-refractivity contribution in [3.63, 3.8) is 0 Å². The molecule has 90 valence electrons. The number of carbonyl (C=O) groups excluding carboxylic acids is 1. The highest BCUT2D eigenvalue weighted by Gasteiger charge is 2.21. The van der Waals surface area contributed by atoms with Gasteiger partial charge in [0.2, 0.25) is 0 Å². The summed E-state index contributed by atoms with van der Waals surface area (Å²) in [6.45, 7) is 8.07. The van der Waals surface area contributed by atoms with Crippen molar-refractivity contribution in [1.82, 2.24) is 14.8 Å². The Morgan fingerprint density at radius 2 is 2.12 bits per heavy atom. The number of Topliss-reactive ketones (excluding diaryl/α,β-unsaturated/α-hetero) is 1. The van der Waals surface area contributed by atoms with E-state index in [1.807, 2.05) is 27.7 Å². The van der Waals surface area contributed by atoms with Crippen molar-refractivity contribution in [1.29, 1.82) is 0 Å². The number of aromatic nitrogens is 3. The zero-order valence-electron chi connectivity index (χ0n) is 10.0. The Labute approximate surface area is 98.6 Å². The first-order valence-electron chi connectivity index (χ1n) is 5.17. The highest BCUT2D eigenvalue weighted by molar-refractivity contribution is 7.99. The SMILES string of the molecule is CCn1c(SCC(=O)C(C)(C)C)n[nH]c1=O. The molecule has 0 unspecified atom stereocenters. The van der Waals surface area contributed by atoms with Crippen LogP contribution in [0, 0.1) is 5.41 Å². The maximum Gasteiger partial charge on any atom is 0.343 e. The highest BCUT2D eigenvalue weighted by Crippen LogP contribution is 2.21.